The van der Waals surface area contributed by atoms with E-state index in [1.54, 1.807) is 6.07 Å². The van der Waals surface area contributed by atoms with Crippen molar-refractivity contribution < 1.29 is 9.13 Å². The summed E-state index contributed by atoms with van der Waals surface area (Å²) in [6.45, 7) is 1.29. The summed E-state index contributed by atoms with van der Waals surface area (Å²) in [7, 11) is 1.84. The van der Waals surface area contributed by atoms with Crippen LogP contribution in [0.25, 0.3) is 0 Å². The molecule has 0 saturated carbocycles. The molecule has 15 heavy (non-hydrogen) atoms. The van der Waals surface area contributed by atoms with E-state index in [4.69, 9.17) is 4.74 Å². The van der Waals surface area contributed by atoms with Crippen LogP contribution in [0.15, 0.2) is 16.6 Å². The second kappa shape index (κ2) is 4.60. The summed E-state index contributed by atoms with van der Waals surface area (Å²) in [6.07, 6.45) is 0.602. The number of rotatable bonds is 2. The van der Waals surface area contributed by atoms with Gasteiger partial charge in [0.2, 0.25) is 0 Å². The molecule has 0 aliphatic carbocycles. The average Bonchev–Trinajstić information content (AvgIpc) is 2.24. The first-order valence-electron chi connectivity index (χ1n) is 4.97. The van der Waals surface area contributed by atoms with E-state index in [2.05, 4.69) is 21.2 Å². The van der Waals surface area contributed by atoms with Crippen LogP contribution in [0.1, 0.15) is 17.2 Å². The largest absolute Gasteiger partial charge is 0.372 e. The molecule has 0 aromatic heterocycles. The van der Waals surface area contributed by atoms with Gasteiger partial charge in [-0.15, -0.1) is 0 Å². The first kappa shape index (κ1) is 11.0. The van der Waals surface area contributed by atoms with Gasteiger partial charge in [0.05, 0.1) is 12.7 Å². The highest BCUT2D eigenvalue weighted by Crippen LogP contribution is 2.33. The van der Waals surface area contributed by atoms with Crippen molar-refractivity contribution in [2.45, 2.75) is 12.5 Å². The third-order valence-corrected chi connectivity index (χ3v) is 3.37. The van der Waals surface area contributed by atoms with Crippen molar-refractivity contribution in [1.82, 2.24) is 5.32 Å². The maximum atomic E-state index is 13.7. The van der Waals surface area contributed by atoms with Gasteiger partial charge < -0.3 is 10.1 Å². The monoisotopic (exact) mass is 273 g/mol. The number of hydrogen-bond donors (Lipinski definition) is 1. The number of halogens is 2. The van der Waals surface area contributed by atoms with Gasteiger partial charge in [-0.1, -0.05) is 15.9 Å². The van der Waals surface area contributed by atoms with Gasteiger partial charge in [-0.3, -0.25) is 0 Å². The van der Waals surface area contributed by atoms with Crippen LogP contribution >= 0.6 is 15.9 Å². The van der Waals surface area contributed by atoms with Gasteiger partial charge in [0.25, 0.3) is 0 Å². The number of hydrogen-bond acceptors (Lipinski definition) is 2. The predicted octanol–water partition coefficient (Wildman–Crippen LogP) is 2.42. The lowest BCUT2D eigenvalue weighted by atomic mass is 9.97. The molecule has 0 saturated heterocycles. The molecule has 0 amide bonds. The highest BCUT2D eigenvalue weighted by Gasteiger charge is 2.25. The van der Waals surface area contributed by atoms with Gasteiger partial charge in [0.1, 0.15) is 5.82 Å². The second-order valence-corrected chi connectivity index (χ2v) is 4.44. The van der Waals surface area contributed by atoms with Gasteiger partial charge in [-0.25, -0.2) is 4.39 Å². The first-order chi connectivity index (χ1) is 7.24. The van der Waals surface area contributed by atoms with Crippen LogP contribution < -0.4 is 5.32 Å². The van der Waals surface area contributed by atoms with Crippen LogP contribution in [0.5, 0.6) is 0 Å². The van der Waals surface area contributed by atoms with Gasteiger partial charge in [0.15, 0.2) is 0 Å². The Morgan fingerprint density at radius 2 is 2.40 bits per heavy atom. The third kappa shape index (κ3) is 2.07. The number of fused-ring (bicyclic) bond motifs is 1. The minimum absolute atomic E-state index is 0.170. The summed E-state index contributed by atoms with van der Waals surface area (Å²) in [4.78, 5) is 0. The van der Waals surface area contributed by atoms with E-state index in [0.717, 1.165) is 16.5 Å². The second-order valence-electron chi connectivity index (χ2n) is 3.59. The smallest absolute Gasteiger partial charge is 0.129 e. The molecule has 0 spiro atoms. The molecular weight excluding hydrogens is 261 g/mol. The Hall–Kier alpha value is -0.450. The fourth-order valence-electron chi connectivity index (χ4n) is 1.94. The Balaban J connectivity index is 2.45. The zero-order chi connectivity index (χ0) is 10.8. The zero-order valence-electron chi connectivity index (χ0n) is 8.52. The Labute approximate surface area is 96.9 Å². The molecule has 1 aliphatic rings. The van der Waals surface area contributed by atoms with Crippen LogP contribution in [0.3, 0.4) is 0 Å². The van der Waals surface area contributed by atoms with Gasteiger partial charge in [-0.05, 0) is 31.2 Å². The quantitative estimate of drug-likeness (QED) is 0.894. The topological polar surface area (TPSA) is 21.3 Å². The fourth-order valence-corrected chi connectivity index (χ4v) is 2.49. The van der Waals surface area contributed by atoms with Crippen molar-refractivity contribution in [1.29, 1.82) is 0 Å². The van der Waals surface area contributed by atoms with E-state index >= 15 is 0 Å². The van der Waals surface area contributed by atoms with Crippen molar-refractivity contribution in [3.63, 3.8) is 0 Å². The Morgan fingerprint density at radius 3 is 3.13 bits per heavy atom. The summed E-state index contributed by atoms with van der Waals surface area (Å²) < 4.78 is 20.2. The molecule has 4 heteroatoms. The zero-order valence-corrected chi connectivity index (χ0v) is 10.1. The predicted molar refractivity (Wildman–Crippen MR) is 60.4 cm³/mol. The van der Waals surface area contributed by atoms with Crippen molar-refractivity contribution >= 4 is 15.9 Å². The average molecular weight is 274 g/mol. The molecule has 82 valence electrons. The molecule has 1 aromatic rings. The summed E-state index contributed by atoms with van der Waals surface area (Å²) in [5.74, 6) is -0.173. The van der Waals surface area contributed by atoms with Crippen LogP contribution in [0, 0.1) is 5.82 Å². The molecule has 1 aromatic carbocycles. The Kier molecular flexibility index (Phi) is 3.38. The number of benzene rings is 1. The maximum Gasteiger partial charge on any atom is 0.129 e. The molecule has 1 unspecified atom stereocenters. The maximum absolute atomic E-state index is 13.7. The Morgan fingerprint density at radius 1 is 1.60 bits per heavy atom. The highest BCUT2D eigenvalue weighted by atomic mass is 79.9. The van der Waals surface area contributed by atoms with Crippen molar-refractivity contribution in [3.8, 4) is 0 Å². The molecule has 0 bridgehead atoms. The van der Waals surface area contributed by atoms with E-state index in [-0.39, 0.29) is 11.9 Å². The molecule has 1 atom stereocenters. The number of nitrogens with one attached hydrogen (secondary N) is 1. The fraction of sp³-hybridized carbons (Fsp3) is 0.455. The lowest BCUT2D eigenvalue weighted by molar-refractivity contribution is 0.0408. The van der Waals surface area contributed by atoms with Crippen LogP contribution in [-0.2, 0) is 11.2 Å². The van der Waals surface area contributed by atoms with Crippen molar-refractivity contribution in [2.75, 3.05) is 20.2 Å². The molecule has 0 fully saturated rings. The van der Waals surface area contributed by atoms with Gasteiger partial charge in [0, 0.05) is 16.6 Å². The van der Waals surface area contributed by atoms with Gasteiger partial charge in [-0.2, -0.15) is 0 Å². The number of ether oxygens (including phenoxy) is 1. The SMILES string of the molecule is CNCC1OCCc2c(Br)ccc(F)c21. The van der Waals surface area contributed by atoms with E-state index in [9.17, 15) is 4.39 Å². The Bertz CT molecular complexity index is 370. The summed E-state index contributed by atoms with van der Waals surface area (Å²) >= 11 is 3.45. The first-order valence-corrected chi connectivity index (χ1v) is 5.76. The summed E-state index contributed by atoms with van der Waals surface area (Å²) in [6, 6.07) is 3.25. The van der Waals surface area contributed by atoms with E-state index < -0.39 is 0 Å². The number of likely N-dealkylation sites (N-methyl/N-ethyl adjacent to an activating group) is 1. The van der Waals surface area contributed by atoms with Crippen LogP contribution in [-0.4, -0.2) is 20.2 Å². The minimum atomic E-state index is -0.173. The van der Waals surface area contributed by atoms with Crippen LogP contribution in [0.2, 0.25) is 0 Å². The molecular formula is C11H13BrFNO. The molecule has 2 nitrogen and oxygen atoms in total. The summed E-state index contributed by atoms with van der Waals surface area (Å²) in [5.41, 5.74) is 1.74. The standard InChI is InChI=1S/C11H13BrFNO/c1-14-6-10-11-7(4-5-15-10)8(12)2-3-9(11)13/h2-3,10,14H,4-6H2,1H3. The third-order valence-electron chi connectivity index (χ3n) is 2.63. The van der Waals surface area contributed by atoms with E-state index in [0.29, 0.717) is 18.7 Å². The van der Waals surface area contributed by atoms with E-state index in [1.807, 2.05) is 7.05 Å². The molecule has 1 heterocycles. The highest BCUT2D eigenvalue weighted by molar-refractivity contribution is 9.10. The van der Waals surface area contributed by atoms with Gasteiger partial charge >= 0.3 is 0 Å². The van der Waals surface area contributed by atoms with Crippen molar-refractivity contribution in [2.24, 2.45) is 0 Å². The normalized spacial score (nSPS) is 20.1. The van der Waals surface area contributed by atoms with E-state index in [1.165, 1.54) is 6.07 Å². The van der Waals surface area contributed by atoms with Crippen LogP contribution in [0.4, 0.5) is 4.39 Å². The lowest BCUT2D eigenvalue weighted by Gasteiger charge is -2.27. The summed E-state index contributed by atoms with van der Waals surface area (Å²) in [5, 5.41) is 3.02. The lowest BCUT2D eigenvalue weighted by Crippen LogP contribution is -2.26. The minimum Gasteiger partial charge on any atom is -0.372 e. The van der Waals surface area contributed by atoms with Crippen molar-refractivity contribution in [3.05, 3.63) is 33.5 Å². The molecule has 1 N–H and O–H groups in total. The molecule has 0 radical (unpaired) electrons. The molecule has 1 aliphatic heterocycles. The molecule has 2 rings (SSSR count).